The third kappa shape index (κ3) is 28.3. The topological polar surface area (TPSA) is 90.2 Å². The van der Waals surface area contributed by atoms with Crippen LogP contribution < -0.4 is 0 Å². The van der Waals surface area contributed by atoms with Gasteiger partial charge in [-0.05, 0) is 38.5 Å². The second-order valence-electron chi connectivity index (χ2n) is 19.7. The number of hydrogen-bond acceptors (Lipinski definition) is 5. The molecule has 0 rings (SSSR count). The lowest BCUT2D eigenvalue weighted by Crippen LogP contribution is -2.60. The number of unbranched alkanes of at least 4 members (excludes halogenated alkanes) is 30. The Morgan fingerprint density at radius 3 is 0.559 bits per heavy atom. The van der Waals surface area contributed by atoms with E-state index in [1.165, 1.54) is 141 Å². The smallest absolute Gasteiger partial charge is 0.116 e. The van der Waals surface area contributed by atoms with Crippen molar-refractivity contribution in [3.05, 3.63) is 0 Å². The van der Waals surface area contributed by atoms with Gasteiger partial charge in [0.2, 0.25) is 0 Å². The molecule has 0 saturated heterocycles. The van der Waals surface area contributed by atoms with Gasteiger partial charge in [-0.2, -0.15) is 0 Å². The molecule has 0 aliphatic heterocycles. The largest absolute Gasteiger partial charge is 0.387 e. The molecule has 59 heavy (non-hydrogen) atoms. The van der Waals surface area contributed by atoms with Crippen molar-refractivity contribution in [1.29, 1.82) is 0 Å². The molecule has 5 heteroatoms. The lowest BCUT2D eigenvalue weighted by atomic mass is 9.72. The van der Waals surface area contributed by atoms with E-state index in [0.717, 1.165) is 89.9 Å². The molecule has 0 bridgehead atoms. The van der Waals surface area contributed by atoms with Crippen LogP contribution in [0.2, 0.25) is 0 Å². The van der Waals surface area contributed by atoms with Crippen LogP contribution in [0.25, 0.3) is 0 Å². The summed E-state index contributed by atoms with van der Waals surface area (Å²) >= 11 is 0. The molecule has 0 fully saturated rings. The van der Waals surface area contributed by atoms with Crippen LogP contribution in [0.5, 0.6) is 0 Å². The fraction of sp³-hybridized carbons (Fsp3) is 1.00. The first kappa shape index (κ1) is 58.8. The highest BCUT2D eigenvalue weighted by atomic mass is 16.5. The van der Waals surface area contributed by atoms with Crippen LogP contribution >= 0.6 is 0 Å². The molecule has 0 aromatic rings. The Bertz CT molecular complexity index is 764. The van der Waals surface area contributed by atoms with Gasteiger partial charge in [0.15, 0.2) is 0 Å². The minimum atomic E-state index is -1.40. The molecule has 0 heterocycles. The number of hydrogen-bond donors (Lipinski definition) is 4. The number of ether oxygens (including phenoxy) is 1. The van der Waals surface area contributed by atoms with Gasteiger partial charge in [-0.3, -0.25) is 0 Å². The summed E-state index contributed by atoms with van der Waals surface area (Å²) in [5.41, 5.74) is -5.28. The van der Waals surface area contributed by atoms with Crippen LogP contribution in [-0.4, -0.2) is 56.0 Å². The van der Waals surface area contributed by atoms with Crippen LogP contribution in [0.3, 0.4) is 0 Å². The van der Waals surface area contributed by atoms with Crippen molar-refractivity contribution >= 4 is 0 Å². The highest BCUT2D eigenvalue weighted by Crippen LogP contribution is 2.41. The van der Waals surface area contributed by atoms with Crippen LogP contribution in [0.4, 0.5) is 0 Å². The van der Waals surface area contributed by atoms with Crippen molar-refractivity contribution in [2.75, 3.05) is 13.2 Å². The third-order valence-electron chi connectivity index (χ3n) is 14.1. The summed E-state index contributed by atoms with van der Waals surface area (Å²) in [5.74, 6) is 0. The standard InChI is InChI=1S/C54H110O5/c1-7-13-19-25-31-37-43-51(55,44-38-32-26-20-14-8-2)53(57,47-41-35-29-23-17-11-5)49-59-50-54(58,48-42-36-30-24-18-12-6)52(56,45-39-33-27-21-15-9-3)46-40-34-28-22-16-10-4/h55-58H,7-50H2,1-6H3. The van der Waals surface area contributed by atoms with Gasteiger partial charge >= 0.3 is 0 Å². The molecule has 0 radical (unpaired) electrons. The Morgan fingerprint density at radius 1 is 0.220 bits per heavy atom. The summed E-state index contributed by atoms with van der Waals surface area (Å²) in [5, 5.41) is 51.3. The molecule has 0 amide bonds. The molecule has 0 aliphatic carbocycles. The Morgan fingerprint density at radius 2 is 0.373 bits per heavy atom. The zero-order valence-corrected chi connectivity index (χ0v) is 41.3. The zero-order valence-electron chi connectivity index (χ0n) is 41.3. The summed E-state index contributed by atoms with van der Waals surface area (Å²) in [6.45, 7) is 13.5. The first-order valence-corrected chi connectivity index (χ1v) is 27.0. The van der Waals surface area contributed by atoms with E-state index in [1.807, 2.05) is 0 Å². The lowest BCUT2D eigenvalue weighted by molar-refractivity contribution is -0.225. The van der Waals surface area contributed by atoms with Crippen LogP contribution in [-0.2, 0) is 4.74 Å². The quantitative estimate of drug-likeness (QED) is 0.0458. The highest BCUT2D eigenvalue weighted by Gasteiger charge is 2.51. The Kier molecular flexibility index (Phi) is 39.3. The fourth-order valence-electron chi connectivity index (χ4n) is 9.63. The predicted molar refractivity (Wildman–Crippen MR) is 259 cm³/mol. The first-order valence-electron chi connectivity index (χ1n) is 27.0. The average molecular weight is 839 g/mol. The molecule has 0 saturated carbocycles. The van der Waals surface area contributed by atoms with Crippen molar-refractivity contribution in [3.8, 4) is 0 Å². The van der Waals surface area contributed by atoms with Gasteiger partial charge in [-0.15, -0.1) is 0 Å². The summed E-state index contributed by atoms with van der Waals surface area (Å²) in [6.07, 6.45) is 44.3. The van der Waals surface area contributed by atoms with Gasteiger partial charge in [0.25, 0.3) is 0 Å². The third-order valence-corrected chi connectivity index (χ3v) is 14.1. The molecule has 5 nitrogen and oxygen atoms in total. The molecular formula is C54H110O5. The molecule has 2 atom stereocenters. The molecule has 0 aliphatic rings. The Hall–Kier alpha value is -0.200. The van der Waals surface area contributed by atoms with E-state index in [9.17, 15) is 20.4 Å². The van der Waals surface area contributed by atoms with Crippen LogP contribution in [0, 0.1) is 0 Å². The van der Waals surface area contributed by atoms with E-state index in [0.29, 0.717) is 38.5 Å². The zero-order chi connectivity index (χ0) is 43.8. The summed E-state index contributed by atoms with van der Waals surface area (Å²) in [7, 11) is 0. The maximum atomic E-state index is 12.9. The SMILES string of the molecule is CCCCCCCCC(O)(CCCCCCCC)C(O)(CCCCCCCC)COCC(O)(CCCCCCCC)C(O)(CCCCCCCC)CCCCCCCC. The molecule has 4 N–H and O–H groups in total. The second kappa shape index (κ2) is 39.4. The van der Waals surface area contributed by atoms with E-state index >= 15 is 0 Å². The van der Waals surface area contributed by atoms with Crippen LogP contribution in [0.15, 0.2) is 0 Å². The van der Waals surface area contributed by atoms with Crippen LogP contribution in [0.1, 0.15) is 311 Å². The highest BCUT2D eigenvalue weighted by molar-refractivity contribution is 5.03. The molecule has 356 valence electrons. The predicted octanol–water partition coefficient (Wildman–Crippen LogP) is 16.4. The van der Waals surface area contributed by atoms with Gasteiger partial charge in [-0.25, -0.2) is 0 Å². The van der Waals surface area contributed by atoms with E-state index in [-0.39, 0.29) is 13.2 Å². The minimum absolute atomic E-state index is 0.00700. The van der Waals surface area contributed by atoms with Crippen molar-refractivity contribution in [2.45, 2.75) is 334 Å². The summed E-state index contributed by atoms with van der Waals surface area (Å²) in [4.78, 5) is 0. The normalized spacial score (nSPS) is 14.5. The Labute approximate surface area is 370 Å². The molecule has 0 aromatic heterocycles. The van der Waals surface area contributed by atoms with Gasteiger partial charge in [0.1, 0.15) is 11.2 Å². The Balaban J connectivity index is 6.50. The first-order chi connectivity index (χ1) is 28.6. The number of aliphatic hydroxyl groups is 4. The maximum Gasteiger partial charge on any atom is 0.116 e. The van der Waals surface area contributed by atoms with Gasteiger partial charge in [0, 0.05) is 0 Å². The summed E-state index contributed by atoms with van der Waals surface area (Å²) in [6, 6.07) is 0. The average Bonchev–Trinajstić information content (AvgIpc) is 3.22. The molecular weight excluding hydrogens is 729 g/mol. The summed E-state index contributed by atoms with van der Waals surface area (Å²) < 4.78 is 6.67. The van der Waals surface area contributed by atoms with Crippen molar-refractivity contribution in [2.24, 2.45) is 0 Å². The molecule has 0 aromatic carbocycles. The van der Waals surface area contributed by atoms with Crippen molar-refractivity contribution < 1.29 is 25.2 Å². The van der Waals surface area contributed by atoms with E-state index in [1.54, 1.807) is 0 Å². The maximum absolute atomic E-state index is 12.9. The van der Waals surface area contributed by atoms with E-state index < -0.39 is 22.4 Å². The van der Waals surface area contributed by atoms with Crippen molar-refractivity contribution in [3.63, 3.8) is 0 Å². The second-order valence-corrected chi connectivity index (χ2v) is 19.7. The molecule has 2 unspecified atom stereocenters. The van der Waals surface area contributed by atoms with Gasteiger partial charge in [0.05, 0.1) is 24.4 Å². The molecule has 0 spiro atoms. The minimum Gasteiger partial charge on any atom is -0.387 e. The van der Waals surface area contributed by atoms with Gasteiger partial charge in [-0.1, -0.05) is 273 Å². The van der Waals surface area contributed by atoms with E-state index in [2.05, 4.69) is 41.5 Å². The van der Waals surface area contributed by atoms with E-state index in [4.69, 9.17) is 4.74 Å². The lowest BCUT2D eigenvalue weighted by Gasteiger charge is -2.47. The number of rotatable bonds is 48. The monoisotopic (exact) mass is 839 g/mol. The van der Waals surface area contributed by atoms with Gasteiger partial charge < -0.3 is 25.2 Å². The van der Waals surface area contributed by atoms with Crippen molar-refractivity contribution in [1.82, 2.24) is 0 Å². The fourth-order valence-corrected chi connectivity index (χ4v) is 9.63.